The molecule has 3 aliphatic rings. The van der Waals surface area contributed by atoms with Gasteiger partial charge in [-0.1, -0.05) is 18.2 Å². The number of rotatable bonds is 6. The van der Waals surface area contributed by atoms with E-state index in [1.54, 1.807) is 24.4 Å². The van der Waals surface area contributed by atoms with Gasteiger partial charge >= 0.3 is 0 Å². The highest BCUT2D eigenvalue weighted by Gasteiger charge is 2.26. The lowest BCUT2D eigenvalue weighted by molar-refractivity contribution is -0.114. The summed E-state index contributed by atoms with van der Waals surface area (Å²) in [5.74, 6) is -0.748. The van der Waals surface area contributed by atoms with Gasteiger partial charge in [-0.2, -0.15) is 0 Å². The summed E-state index contributed by atoms with van der Waals surface area (Å²) in [6.45, 7) is 10.2. The second-order valence-corrected chi connectivity index (χ2v) is 8.86. The Kier molecular flexibility index (Phi) is 6.89. The van der Waals surface area contributed by atoms with Crippen molar-refractivity contribution >= 4 is 28.8 Å². The van der Waals surface area contributed by atoms with Gasteiger partial charge in [-0.25, -0.2) is 0 Å². The monoisotopic (exact) mass is 461 g/mol. The average molecular weight is 462 g/mol. The molecule has 2 fully saturated rings. The number of hydrogen-bond donors (Lipinski definition) is 2. The van der Waals surface area contributed by atoms with Crippen LogP contribution in [0.5, 0.6) is 0 Å². The normalized spacial score (nSPS) is 20.8. The van der Waals surface area contributed by atoms with Crippen LogP contribution in [0.15, 0.2) is 54.7 Å². The zero-order valence-corrected chi connectivity index (χ0v) is 19.3. The number of benzene rings is 2. The van der Waals surface area contributed by atoms with E-state index in [2.05, 4.69) is 37.5 Å². The first-order chi connectivity index (χ1) is 16.7. The number of nitrogens with zero attached hydrogens (tertiary/aromatic N) is 3. The van der Waals surface area contributed by atoms with Crippen LogP contribution in [0.1, 0.15) is 15.9 Å². The molecule has 0 bridgehead atoms. The second kappa shape index (κ2) is 10.4. The molecule has 2 amide bonds. The van der Waals surface area contributed by atoms with Gasteiger partial charge < -0.3 is 15.0 Å². The summed E-state index contributed by atoms with van der Waals surface area (Å²) < 4.78 is 5.43. The van der Waals surface area contributed by atoms with Crippen molar-refractivity contribution in [1.82, 2.24) is 15.1 Å². The average Bonchev–Trinajstić information content (AvgIpc) is 2.89. The van der Waals surface area contributed by atoms with Crippen LogP contribution in [0, 0.1) is 0 Å². The number of imide groups is 1. The number of nitrogens with one attached hydrogen (secondary N) is 2. The molecular weight excluding hydrogens is 430 g/mol. The molecule has 0 atom stereocenters. The lowest BCUT2D eigenvalue weighted by Crippen LogP contribution is -2.49. The molecule has 8 nitrogen and oxygen atoms in total. The Hall–Kier alpha value is -3.20. The Morgan fingerprint density at radius 2 is 1.44 bits per heavy atom. The molecule has 34 heavy (non-hydrogen) atoms. The molecule has 2 N–H and O–H groups in total. The van der Waals surface area contributed by atoms with Gasteiger partial charge in [0, 0.05) is 81.1 Å². The van der Waals surface area contributed by atoms with Crippen LogP contribution < -0.4 is 15.5 Å². The van der Waals surface area contributed by atoms with Crippen molar-refractivity contribution in [3.05, 3.63) is 65.9 Å². The Morgan fingerprint density at radius 1 is 0.794 bits per heavy atom. The van der Waals surface area contributed by atoms with Crippen molar-refractivity contribution in [2.75, 3.05) is 75.8 Å². The van der Waals surface area contributed by atoms with Crippen LogP contribution in [-0.4, -0.2) is 87.2 Å². The van der Waals surface area contributed by atoms with Crippen molar-refractivity contribution in [3.63, 3.8) is 0 Å². The molecule has 8 heteroatoms. The molecule has 0 aliphatic carbocycles. The highest BCUT2D eigenvalue weighted by molar-refractivity contribution is 6.31. The van der Waals surface area contributed by atoms with E-state index in [9.17, 15) is 9.59 Å². The van der Waals surface area contributed by atoms with Gasteiger partial charge in [0.25, 0.3) is 11.8 Å². The van der Waals surface area contributed by atoms with Gasteiger partial charge in [-0.3, -0.25) is 24.7 Å². The third-order valence-electron chi connectivity index (χ3n) is 6.76. The van der Waals surface area contributed by atoms with Gasteiger partial charge in [0.05, 0.1) is 18.8 Å². The largest absolute Gasteiger partial charge is 0.379 e. The van der Waals surface area contributed by atoms with Gasteiger partial charge in [0.15, 0.2) is 0 Å². The molecule has 2 aromatic rings. The van der Waals surface area contributed by atoms with Crippen molar-refractivity contribution in [2.24, 2.45) is 0 Å². The molecule has 0 radical (unpaired) electrons. The molecule has 178 valence electrons. The number of carbonyl (C=O) groups excluding carboxylic acids is 2. The molecule has 5 rings (SSSR count). The standard InChI is InChI=1S/C26H31N5O3/c32-25-23-4-2-1-3-22(23)24(26(33)28-25)19-27-20-5-7-21(8-6-20)31-13-11-29(12-14-31)9-10-30-15-17-34-18-16-30/h1-8,19,27H,9-18H2,(H,28,32,33)/b24-19-. The maximum absolute atomic E-state index is 12.4. The number of morpholine rings is 1. The summed E-state index contributed by atoms with van der Waals surface area (Å²) in [6.07, 6.45) is 1.67. The minimum Gasteiger partial charge on any atom is -0.379 e. The Morgan fingerprint density at radius 3 is 2.15 bits per heavy atom. The minimum absolute atomic E-state index is 0.358. The first-order valence-electron chi connectivity index (χ1n) is 12.0. The van der Waals surface area contributed by atoms with Gasteiger partial charge in [0.2, 0.25) is 0 Å². The van der Waals surface area contributed by atoms with E-state index in [1.165, 1.54) is 5.69 Å². The topological polar surface area (TPSA) is 77.2 Å². The molecule has 2 aromatic carbocycles. The number of ether oxygens (including phenoxy) is 1. The molecule has 0 saturated carbocycles. The summed E-state index contributed by atoms with van der Waals surface area (Å²) in [5, 5.41) is 5.61. The van der Waals surface area contributed by atoms with Crippen LogP contribution >= 0.6 is 0 Å². The summed E-state index contributed by atoms with van der Waals surface area (Å²) in [6, 6.07) is 15.4. The first-order valence-corrected chi connectivity index (χ1v) is 12.0. The zero-order chi connectivity index (χ0) is 23.3. The van der Waals surface area contributed by atoms with E-state index in [1.807, 2.05) is 18.2 Å². The molecular formula is C26H31N5O3. The summed E-state index contributed by atoms with van der Waals surface area (Å²) in [5.41, 5.74) is 3.70. The van der Waals surface area contributed by atoms with Gasteiger partial charge in [-0.15, -0.1) is 0 Å². The highest BCUT2D eigenvalue weighted by atomic mass is 16.5. The smallest absolute Gasteiger partial charge is 0.260 e. The van der Waals surface area contributed by atoms with Crippen LogP contribution in [0.4, 0.5) is 11.4 Å². The number of amides is 2. The van der Waals surface area contributed by atoms with Gasteiger partial charge in [0.1, 0.15) is 0 Å². The minimum atomic E-state index is -0.390. The third-order valence-corrected chi connectivity index (χ3v) is 6.76. The first kappa shape index (κ1) is 22.6. The third kappa shape index (κ3) is 5.14. The van der Waals surface area contributed by atoms with Crippen molar-refractivity contribution in [1.29, 1.82) is 0 Å². The highest BCUT2D eigenvalue weighted by Crippen LogP contribution is 2.25. The fraction of sp³-hybridized carbons (Fsp3) is 0.385. The zero-order valence-electron chi connectivity index (χ0n) is 19.3. The van der Waals surface area contributed by atoms with Crippen LogP contribution in [-0.2, 0) is 9.53 Å². The van der Waals surface area contributed by atoms with Crippen LogP contribution in [0.25, 0.3) is 5.57 Å². The molecule has 0 aromatic heterocycles. The Bertz CT molecular complexity index is 1050. The maximum Gasteiger partial charge on any atom is 0.260 e. The summed E-state index contributed by atoms with van der Waals surface area (Å²) in [4.78, 5) is 31.9. The maximum atomic E-state index is 12.4. The Labute approximate surface area is 200 Å². The van der Waals surface area contributed by atoms with E-state index in [0.717, 1.165) is 71.3 Å². The van der Waals surface area contributed by atoms with E-state index < -0.39 is 0 Å². The number of fused-ring (bicyclic) bond motifs is 1. The number of piperazine rings is 1. The number of carbonyl (C=O) groups is 2. The number of anilines is 2. The molecule has 0 unspecified atom stereocenters. The van der Waals surface area contributed by atoms with E-state index in [-0.39, 0.29) is 11.8 Å². The predicted molar refractivity (Wildman–Crippen MR) is 133 cm³/mol. The molecule has 0 spiro atoms. The SMILES string of the molecule is O=C1NC(=O)c2ccccc2/C1=C/Nc1ccc(N2CCN(CCN3CCOCC3)CC2)cc1. The quantitative estimate of drug-likeness (QED) is 0.502. The molecule has 2 saturated heterocycles. The van der Waals surface area contributed by atoms with Gasteiger partial charge in [-0.05, 0) is 30.3 Å². The molecule has 3 heterocycles. The fourth-order valence-electron chi connectivity index (χ4n) is 4.68. The van der Waals surface area contributed by atoms with Crippen molar-refractivity contribution < 1.29 is 14.3 Å². The van der Waals surface area contributed by atoms with Crippen LogP contribution in [0.3, 0.4) is 0 Å². The summed E-state index contributed by atoms with van der Waals surface area (Å²) in [7, 11) is 0. The molecule has 3 aliphatic heterocycles. The number of hydrogen-bond acceptors (Lipinski definition) is 7. The lowest BCUT2D eigenvalue weighted by Gasteiger charge is -2.37. The Balaban J connectivity index is 1.15. The predicted octanol–water partition coefficient (Wildman–Crippen LogP) is 1.86. The van der Waals surface area contributed by atoms with Crippen molar-refractivity contribution in [3.8, 4) is 0 Å². The van der Waals surface area contributed by atoms with Crippen LogP contribution in [0.2, 0.25) is 0 Å². The summed E-state index contributed by atoms with van der Waals surface area (Å²) >= 11 is 0. The van der Waals surface area contributed by atoms with E-state index >= 15 is 0 Å². The van der Waals surface area contributed by atoms with E-state index in [4.69, 9.17) is 4.74 Å². The lowest BCUT2D eigenvalue weighted by atomic mass is 9.96. The van der Waals surface area contributed by atoms with E-state index in [0.29, 0.717) is 16.7 Å². The second-order valence-electron chi connectivity index (χ2n) is 8.86. The van der Waals surface area contributed by atoms with Crippen molar-refractivity contribution in [2.45, 2.75) is 0 Å². The fourth-order valence-corrected chi connectivity index (χ4v) is 4.68.